The predicted octanol–water partition coefficient (Wildman–Crippen LogP) is 7.39. The van der Waals surface area contributed by atoms with Crippen LogP contribution in [0.25, 0.3) is 0 Å². The average Bonchev–Trinajstić information content (AvgIpc) is 3.30. The van der Waals surface area contributed by atoms with Gasteiger partial charge in [-0.2, -0.15) is 26.3 Å². The van der Waals surface area contributed by atoms with Crippen LogP contribution in [0.2, 0.25) is 0 Å². The number of thiocarbonyl (C=S) groups is 1. The Bertz CT molecular complexity index is 981. The topological polar surface area (TPSA) is 39.3 Å². The second-order valence-electron chi connectivity index (χ2n) is 7.51. The molecule has 0 amide bonds. The second kappa shape index (κ2) is 10.8. The molecule has 4 nitrogen and oxygen atoms in total. The summed E-state index contributed by atoms with van der Waals surface area (Å²) < 4.78 is 81.7. The molecular weight excluding hydrogens is 498 g/mol. The number of hydrazine groups is 1. The minimum atomic E-state index is -4.91. The first-order valence-electron chi connectivity index (χ1n) is 10.3. The van der Waals surface area contributed by atoms with Crippen LogP contribution in [0.1, 0.15) is 48.9 Å². The molecule has 1 aliphatic rings. The highest BCUT2D eigenvalue weighted by molar-refractivity contribution is 8.03. The Hall–Kier alpha value is -2.60. The number of nitrogens with zero attached hydrogens (tertiary/aromatic N) is 1. The van der Waals surface area contributed by atoms with Crippen molar-refractivity contribution in [1.29, 1.82) is 0 Å². The minimum Gasteiger partial charge on any atom is -0.356 e. The van der Waals surface area contributed by atoms with Crippen LogP contribution in [-0.2, 0) is 12.4 Å². The standard InChI is InChI=1S/C22H22F6N4S2/c1-2-3-4-19(14-11-15(21(23,24)25)13-16(12-14)22(26,27)28)31-20(33)30-17-5-7-18(8-6-17)32-29-9-10-34-32/h5-13,19,29H,2-4H2,1H3,(H2,30,31,33). The fourth-order valence-corrected chi connectivity index (χ4v) is 4.14. The Morgan fingerprint density at radius 3 is 2.15 bits per heavy atom. The van der Waals surface area contributed by atoms with Crippen molar-refractivity contribution in [2.24, 2.45) is 0 Å². The van der Waals surface area contributed by atoms with Gasteiger partial charge in [-0.05, 0) is 66.7 Å². The molecule has 0 radical (unpaired) electrons. The van der Waals surface area contributed by atoms with Crippen LogP contribution in [0.15, 0.2) is 54.1 Å². The normalized spacial score (nSPS) is 14.6. The predicted molar refractivity (Wildman–Crippen MR) is 127 cm³/mol. The van der Waals surface area contributed by atoms with Crippen molar-refractivity contribution in [3.8, 4) is 0 Å². The van der Waals surface area contributed by atoms with Gasteiger partial charge >= 0.3 is 12.4 Å². The fourth-order valence-electron chi connectivity index (χ4n) is 3.27. The molecule has 34 heavy (non-hydrogen) atoms. The molecule has 0 bridgehead atoms. The lowest BCUT2D eigenvalue weighted by Gasteiger charge is -2.24. The lowest BCUT2D eigenvalue weighted by Crippen LogP contribution is -2.32. The van der Waals surface area contributed by atoms with E-state index in [9.17, 15) is 26.3 Å². The first kappa shape index (κ1) is 26.0. The largest absolute Gasteiger partial charge is 0.416 e. The van der Waals surface area contributed by atoms with E-state index in [-0.39, 0.29) is 16.7 Å². The number of halogens is 6. The summed E-state index contributed by atoms with van der Waals surface area (Å²) in [7, 11) is 0. The maximum absolute atomic E-state index is 13.3. The van der Waals surface area contributed by atoms with Crippen LogP contribution >= 0.6 is 24.2 Å². The molecule has 0 saturated carbocycles. The van der Waals surface area contributed by atoms with Crippen LogP contribution in [0.3, 0.4) is 0 Å². The molecule has 0 aliphatic carbocycles. The molecule has 0 saturated heterocycles. The smallest absolute Gasteiger partial charge is 0.356 e. The maximum atomic E-state index is 13.3. The van der Waals surface area contributed by atoms with Gasteiger partial charge in [0.15, 0.2) is 5.11 Å². The Morgan fingerprint density at radius 2 is 1.65 bits per heavy atom. The van der Waals surface area contributed by atoms with E-state index in [1.165, 1.54) is 11.9 Å². The number of benzene rings is 2. The Kier molecular flexibility index (Phi) is 8.24. The number of alkyl halides is 6. The molecule has 12 heteroatoms. The Labute approximate surface area is 202 Å². The van der Waals surface area contributed by atoms with Gasteiger partial charge in [0.05, 0.1) is 22.9 Å². The summed E-state index contributed by atoms with van der Waals surface area (Å²) in [5.41, 5.74) is 1.70. The molecule has 0 spiro atoms. The molecule has 3 rings (SSSR count). The highest BCUT2D eigenvalue weighted by Gasteiger charge is 2.37. The van der Waals surface area contributed by atoms with Gasteiger partial charge < -0.3 is 10.6 Å². The lowest BCUT2D eigenvalue weighted by atomic mass is 9.96. The number of anilines is 2. The van der Waals surface area contributed by atoms with E-state index in [1.54, 1.807) is 18.3 Å². The zero-order valence-electron chi connectivity index (χ0n) is 17.9. The Balaban J connectivity index is 1.79. The van der Waals surface area contributed by atoms with E-state index in [2.05, 4.69) is 16.1 Å². The molecule has 1 heterocycles. The van der Waals surface area contributed by atoms with Gasteiger partial charge in [-0.3, -0.25) is 5.43 Å². The molecule has 2 aromatic carbocycles. The van der Waals surface area contributed by atoms with Crippen molar-refractivity contribution in [2.45, 2.75) is 44.6 Å². The first-order chi connectivity index (χ1) is 16.0. The second-order valence-corrected chi connectivity index (χ2v) is 8.77. The lowest BCUT2D eigenvalue weighted by molar-refractivity contribution is -0.143. The minimum absolute atomic E-state index is 0.0927. The van der Waals surface area contributed by atoms with E-state index in [4.69, 9.17) is 12.2 Å². The monoisotopic (exact) mass is 520 g/mol. The van der Waals surface area contributed by atoms with Crippen LogP contribution < -0.4 is 20.5 Å². The van der Waals surface area contributed by atoms with Gasteiger partial charge in [-0.25, -0.2) is 4.41 Å². The van der Waals surface area contributed by atoms with E-state index in [0.717, 1.165) is 17.8 Å². The molecule has 1 unspecified atom stereocenters. The quantitative estimate of drug-likeness (QED) is 0.201. The average molecular weight is 521 g/mol. The number of nitrogens with one attached hydrogen (secondary N) is 3. The van der Waals surface area contributed by atoms with E-state index in [0.29, 0.717) is 24.9 Å². The van der Waals surface area contributed by atoms with Gasteiger partial charge in [0.1, 0.15) is 0 Å². The molecular formula is C22H22F6N4S2. The summed E-state index contributed by atoms with van der Waals surface area (Å²) >= 11 is 6.77. The maximum Gasteiger partial charge on any atom is 0.416 e. The van der Waals surface area contributed by atoms with Gasteiger partial charge in [0.25, 0.3) is 0 Å². The third-order valence-electron chi connectivity index (χ3n) is 4.95. The number of rotatable bonds is 7. The highest BCUT2D eigenvalue weighted by atomic mass is 32.2. The van der Waals surface area contributed by atoms with Crippen LogP contribution in [0.4, 0.5) is 37.7 Å². The zero-order chi connectivity index (χ0) is 24.9. The first-order valence-corrected chi connectivity index (χ1v) is 11.6. The SMILES string of the molecule is CCCCC(NC(=S)Nc1ccc(N2NC=CS2)cc1)c1cc(C(F)(F)F)cc(C(F)(F)F)c1. The molecule has 2 aromatic rings. The summed E-state index contributed by atoms with van der Waals surface area (Å²) in [5, 5.41) is 7.80. The van der Waals surface area contributed by atoms with Crippen molar-refractivity contribution >= 4 is 40.7 Å². The highest BCUT2D eigenvalue weighted by Crippen LogP contribution is 2.38. The van der Waals surface area contributed by atoms with Crippen LogP contribution in [-0.4, -0.2) is 5.11 Å². The molecule has 3 N–H and O–H groups in total. The van der Waals surface area contributed by atoms with Crippen LogP contribution in [0, 0.1) is 0 Å². The summed E-state index contributed by atoms with van der Waals surface area (Å²) in [6, 6.07) is 7.96. The van der Waals surface area contributed by atoms with Crippen molar-refractivity contribution in [3.63, 3.8) is 0 Å². The zero-order valence-corrected chi connectivity index (χ0v) is 19.6. The summed E-state index contributed by atoms with van der Waals surface area (Å²) in [6.07, 6.45) is -6.44. The summed E-state index contributed by atoms with van der Waals surface area (Å²) in [5.74, 6) is 0. The van der Waals surface area contributed by atoms with Gasteiger partial charge in [-0.1, -0.05) is 19.8 Å². The van der Waals surface area contributed by atoms with Crippen molar-refractivity contribution in [1.82, 2.24) is 10.7 Å². The van der Waals surface area contributed by atoms with E-state index < -0.39 is 29.5 Å². The molecule has 0 aromatic heterocycles. The third-order valence-corrected chi connectivity index (χ3v) is 5.95. The summed E-state index contributed by atoms with van der Waals surface area (Å²) in [4.78, 5) is 0. The molecule has 184 valence electrons. The third kappa shape index (κ3) is 6.95. The number of hydrogen-bond acceptors (Lipinski definition) is 4. The number of hydrogen-bond donors (Lipinski definition) is 3. The summed E-state index contributed by atoms with van der Waals surface area (Å²) in [6.45, 7) is 1.88. The van der Waals surface area contributed by atoms with E-state index >= 15 is 0 Å². The van der Waals surface area contributed by atoms with Crippen molar-refractivity contribution in [3.05, 3.63) is 70.8 Å². The molecule has 1 atom stereocenters. The number of unbranched alkanes of at least 4 members (excludes halogenated alkanes) is 1. The van der Waals surface area contributed by atoms with Crippen molar-refractivity contribution < 1.29 is 26.3 Å². The van der Waals surface area contributed by atoms with Crippen molar-refractivity contribution in [2.75, 3.05) is 9.73 Å². The van der Waals surface area contributed by atoms with Gasteiger partial charge in [-0.15, -0.1) is 0 Å². The Morgan fingerprint density at radius 1 is 1.03 bits per heavy atom. The van der Waals surface area contributed by atoms with Gasteiger partial charge in [0, 0.05) is 29.2 Å². The molecule has 0 fully saturated rings. The van der Waals surface area contributed by atoms with Gasteiger partial charge in [0.2, 0.25) is 0 Å². The van der Waals surface area contributed by atoms with E-state index in [1.807, 2.05) is 28.9 Å². The van der Waals surface area contributed by atoms with Crippen LogP contribution in [0.5, 0.6) is 0 Å². The molecule has 1 aliphatic heterocycles. The fraction of sp³-hybridized carbons (Fsp3) is 0.318.